The monoisotopic (exact) mass is 310 g/mol. The number of rotatable bonds is 3. The largest absolute Gasteiger partial charge is 0.467 e. The van der Waals surface area contributed by atoms with E-state index in [0.717, 1.165) is 37.5 Å². The molecule has 0 bridgehead atoms. The summed E-state index contributed by atoms with van der Waals surface area (Å²) in [5, 5.41) is 3.35. The van der Waals surface area contributed by atoms with Gasteiger partial charge in [0.1, 0.15) is 11.6 Å². The van der Waals surface area contributed by atoms with Crippen molar-refractivity contribution in [2.24, 2.45) is 0 Å². The minimum absolute atomic E-state index is 0. The van der Waals surface area contributed by atoms with Gasteiger partial charge in [0.25, 0.3) is 0 Å². The molecule has 5 heteroatoms. The first-order chi connectivity index (χ1) is 9.77. The van der Waals surface area contributed by atoms with Crippen molar-refractivity contribution in [1.82, 2.24) is 10.2 Å². The van der Waals surface area contributed by atoms with Crippen LogP contribution in [0.1, 0.15) is 22.9 Å². The smallest absolute Gasteiger partial charge is 0.126 e. The van der Waals surface area contributed by atoms with Gasteiger partial charge in [-0.15, -0.1) is 12.4 Å². The van der Waals surface area contributed by atoms with Crippen LogP contribution in [0.3, 0.4) is 0 Å². The maximum atomic E-state index is 13.9. The number of nitrogens with zero attached hydrogens (tertiary/aromatic N) is 1. The van der Waals surface area contributed by atoms with Crippen molar-refractivity contribution in [3.63, 3.8) is 0 Å². The van der Waals surface area contributed by atoms with Crippen molar-refractivity contribution < 1.29 is 8.81 Å². The number of nitrogens with one attached hydrogen (secondary N) is 1. The lowest BCUT2D eigenvalue weighted by atomic mass is 9.97. The first-order valence-corrected chi connectivity index (χ1v) is 7.00. The average Bonchev–Trinajstić information content (AvgIpc) is 2.99. The molecule has 0 radical (unpaired) electrons. The van der Waals surface area contributed by atoms with Gasteiger partial charge in [0, 0.05) is 26.2 Å². The second kappa shape index (κ2) is 7.07. The molecule has 1 aromatic heterocycles. The summed E-state index contributed by atoms with van der Waals surface area (Å²) in [6.45, 7) is 5.60. The molecule has 1 aliphatic rings. The first kappa shape index (κ1) is 16.0. The molecule has 1 atom stereocenters. The van der Waals surface area contributed by atoms with Gasteiger partial charge in [0.2, 0.25) is 0 Å². The van der Waals surface area contributed by atoms with Gasteiger partial charge in [-0.25, -0.2) is 4.39 Å². The van der Waals surface area contributed by atoms with Crippen molar-refractivity contribution >= 4 is 12.4 Å². The highest BCUT2D eigenvalue weighted by Crippen LogP contribution is 2.32. The Morgan fingerprint density at radius 2 is 1.95 bits per heavy atom. The molecule has 0 amide bonds. The molecule has 1 aliphatic heterocycles. The Morgan fingerprint density at radius 3 is 2.62 bits per heavy atom. The minimum atomic E-state index is -0.158. The fourth-order valence-electron chi connectivity index (χ4n) is 2.84. The third-order valence-corrected chi connectivity index (χ3v) is 3.93. The fraction of sp³-hybridized carbons (Fsp3) is 0.375. The third kappa shape index (κ3) is 3.28. The molecular weight excluding hydrogens is 291 g/mol. The molecule has 21 heavy (non-hydrogen) atoms. The maximum absolute atomic E-state index is 13.9. The van der Waals surface area contributed by atoms with Crippen LogP contribution in [-0.4, -0.2) is 31.1 Å². The molecular formula is C16H20ClFN2O. The van der Waals surface area contributed by atoms with Gasteiger partial charge < -0.3 is 9.73 Å². The predicted octanol–water partition coefficient (Wildman–Crippen LogP) is 3.14. The van der Waals surface area contributed by atoms with Crippen LogP contribution >= 0.6 is 12.4 Å². The van der Waals surface area contributed by atoms with Gasteiger partial charge in [0.05, 0.1) is 12.3 Å². The van der Waals surface area contributed by atoms with Crippen molar-refractivity contribution in [2.75, 3.05) is 26.2 Å². The zero-order chi connectivity index (χ0) is 13.9. The van der Waals surface area contributed by atoms with Crippen LogP contribution in [0.5, 0.6) is 0 Å². The Hall–Kier alpha value is -1.36. The van der Waals surface area contributed by atoms with E-state index in [1.165, 1.54) is 6.07 Å². The summed E-state index contributed by atoms with van der Waals surface area (Å²) in [5.74, 6) is 0.717. The van der Waals surface area contributed by atoms with E-state index >= 15 is 0 Å². The number of piperazine rings is 1. The third-order valence-electron chi connectivity index (χ3n) is 3.93. The molecule has 3 nitrogen and oxygen atoms in total. The van der Waals surface area contributed by atoms with Gasteiger partial charge in [-0.2, -0.15) is 0 Å². The van der Waals surface area contributed by atoms with E-state index < -0.39 is 0 Å². The molecule has 0 unspecified atom stereocenters. The number of furan rings is 1. The maximum Gasteiger partial charge on any atom is 0.126 e. The molecule has 0 spiro atoms. The van der Waals surface area contributed by atoms with Gasteiger partial charge in [-0.1, -0.05) is 12.1 Å². The molecule has 1 fully saturated rings. The van der Waals surface area contributed by atoms with E-state index in [1.54, 1.807) is 12.3 Å². The van der Waals surface area contributed by atoms with Gasteiger partial charge >= 0.3 is 0 Å². The summed E-state index contributed by atoms with van der Waals surface area (Å²) < 4.78 is 19.5. The fourth-order valence-corrected chi connectivity index (χ4v) is 2.84. The van der Waals surface area contributed by atoms with E-state index in [4.69, 9.17) is 4.42 Å². The van der Waals surface area contributed by atoms with Crippen molar-refractivity contribution in [3.8, 4) is 0 Å². The van der Waals surface area contributed by atoms with E-state index in [9.17, 15) is 4.39 Å². The lowest BCUT2D eigenvalue weighted by Gasteiger charge is -2.34. The summed E-state index contributed by atoms with van der Waals surface area (Å²) in [5.41, 5.74) is 1.69. The Balaban J connectivity index is 0.00000161. The summed E-state index contributed by atoms with van der Waals surface area (Å²) in [4.78, 5) is 2.34. The van der Waals surface area contributed by atoms with Gasteiger partial charge in [-0.05, 0) is 36.2 Å². The highest BCUT2D eigenvalue weighted by molar-refractivity contribution is 5.85. The molecule has 2 heterocycles. The summed E-state index contributed by atoms with van der Waals surface area (Å²) in [7, 11) is 0. The van der Waals surface area contributed by atoms with Crippen LogP contribution in [-0.2, 0) is 0 Å². The first-order valence-electron chi connectivity index (χ1n) is 7.00. The Bertz CT molecular complexity index is 568. The van der Waals surface area contributed by atoms with Crippen molar-refractivity contribution in [2.45, 2.75) is 13.0 Å². The van der Waals surface area contributed by atoms with Crippen LogP contribution in [0, 0.1) is 12.7 Å². The standard InChI is InChI=1S/C16H19FN2O.ClH/c1-12-13(4-2-5-14(12)17)16(15-6-3-11-20-15)19-9-7-18-8-10-19;/h2-6,11,16,18H,7-10H2,1H3;1H/t16-;/m1./s1. The molecule has 0 aliphatic carbocycles. The summed E-state index contributed by atoms with van der Waals surface area (Å²) >= 11 is 0. The zero-order valence-electron chi connectivity index (χ0n) is 12.0. The number of benzene rings is 1. The Kier molecular flexibility index (Phi) is 5.39. The average molecular weight is 311 g/mol. The number of halogens is 2. The molecule has 1 saturated heterocycles. The molecule has 1 N–H and O–H groups in total. The van der Waals surface area contributed by atoms with E-state index in [2.05, 4.69) is 10.2 Å². The van der Waals surface area contributed by atoms with Gasteiger partial charge in [-0.3, -0.25) is 4.90 Å². The SMILES string of the molecule is Cc1c(F)cccc1[C@H](c1ccco1)N1CCNCC1.Cl. The quantitative estimate of drug-likeness (QED) is 0.944. The Morgan fingerprint density at radius 1 is 1.19 bits per heavy atom. The minimum Gasteiger partial charge on any atom is -0.467 e. The van der Waals surface area contributed by atoms with Crippen LogP contribution in [0.2, 0.25) is 0 Å². The molecule has 0 saturated carbocycles. The molecule has 2 aromatic rings. The Labute approximate surface area is 130 Å². The zero-order valence-corrected chi connectivity index (χ0v) is 12.8. The predicted molar refractivity (Wildman–Crippen MR) is 83.4 cm³/mol. The van der Waals surface area contributed by atoms with Gasteiger partial charge in [0.15, 0.2) is 0 Å². The highest BCUT2D eigenvalue weighted by Gasteiger charge is 2.27. The van der Waals surface area contributed by atoms with Crippen molar-refractivity contribution in [1.29, 1.82) is 0 Å². The van der Waals surface area contributed by atoms with E-state index in [-0.39, 0.29) is 24.3 Å². The second-order valence-electron chi connectivity index (χ2n) is 5.16. The van der Waals surface area contributed by atoms with Crippen molar-refractivity contribution in [3.05, 3.63) is 59.3 Å². The number of hydrogen-bond donors (Lipinski definition) is 1. The second-order valence-corrected chi connectivity index (χ2v) is 5.16. The molecule has 114 valence electrons. The highest BCUT2D eigenvalue weighted by atomic mass is 35.5. The lowest BCUT2D eigenvalue weighted by Crippen LogP contribution is -2.45. The van der Waals surface area contributed by atoms with E-state index in [1.807, 2.05) is 25.1 Å². The van der Waals surface area contributed by atoms with Crippen LogP contribution < -0.4 is 5.32 Å². The summed E-state index contributed by atoms with van der Waals surface area (Å²) in [6, 6.07) is 9.12. The van der Waals surface area contributed by atoms with Crippen LogP contribution in [0.25, 0.3) is 0 Å². The van der Waals surface area contributed by atoms with E-state index in [0.29, 0.717) is 5.56 Å². The molecule has 3 rings (SSSR count). The number of hydrogen-bond acceptors (Lipinski definition) is 3. The lowest BCUT2D eigenvalue weighted by molar-refractivity contribution is 0.179. The normalized spacial score (nSPS) is 17.2. The van der Waals surface area contributed by atoms with Crippen LogP contribution in [0.4, 0.5) is 4.39 Å². The summed E-state index contributed by atoms with van der Waals surface area (Å²) in [6.07, 6.45) is 1.68. The molecule has 1 aromatic carbocycles. The topological polar surface area (TPSA) is 28.4 Å². The van der Waals surface area contributed by atoms with Crippen LogP contribution in [0.15, 0.2) is 41.0 Å².